The van der Waals surface area contributed by atoms with Gasteiger partial charge in [0.05, 0.1) is 13.1 Å². The van der Waals surface area contributed by atoms with Crippen LogP contribution >= 0.6 is 0 Å². The number of anilines is 1. The van der Waals surface area contributed by atoms with Gasteiger partial charge in [0.1, 0.15) is 11.0 Å². The Hall–Kier alpha value is -2.82. The van der Waals surface area contributed by atoms with Crippen molar-refractivity contribution in [2.24, 2.45) is 0 Å². The summed E-state index contributed by atoms with van der Waals surface area (Å²) in [6.07, 6.45) is 3.49. The number of nitrogens with two attached hydrogens (primary N) is 1. The van der Waals surface area contributed by atoms with Gasteiger partial charge in [0.25, 0.3) is 0 Å². The molecule has 31 heavy (non-hydrogen) atoms. The van der Waals surface area contributed by atoms with Crippen molar-refractivity contribution < 1.29 is 17.0 Å². The average Bonchev–Trinajstić information content (AvgIpc) is 3.06. The second kappa shape index (κ2) is 11.5. The Morgan fingerprint density at radius 2 is 1.39 bits per heavy atom. The highest BCUT2D eigenvalue weighted by molar-refractivity contribution is 5.73. The fourth-order valence-corrected chi connectivity index (χ4v) is 4.01. The molecule has 0 aliphatic heterocycles. The van der Waals surface area contributed by atoms with E-state index >= 15 is 0 Å². The number of nitrogens with zero attached hydrogens (tertiary/aromatic N) is 2. The van der Waals surface area contributed by atoms with Crippen LogP contribution in [-0.4, -0.2) is 11.1 Å². The summed E-state index contributed by atoms with van der Waals surface area (Å²) in [6.45, 7) is 3.73. The molecule has 1 heterocycles. The number of halogens is 1. The third-order valence-corrected chi connectivity index (χ3v) is 5.61. The van der Waals surface area contributed by atoms with Crippen molar-refractivity contribution in [3.8, 4) is 0 Å². The largest absolute Gasteiger partial charge is 1.00 e. The predicted molar refractivity (Wildman–Crippen MR) is 124 cm³/mol. The molecule has 0 unspecified atom stereocenters. The molecule has 0 bridgehead atoms. The smallest absolute Gasteiger partial charge is 0.356 e. The van der Waals surface area contributed by atoms with Gasteiger partial charge in [-0.25, -0.2) is 9.13 Å². The van der Waals surface area contributed by atoms with Crippen molar-refractivity contribution in [3.05, 3.63) is 96.1 Å². The van der Waals surface area contributed by atoms with E-state index in [0.29, 0.717) is 0 Å². The maximum absolute atomic E-state index is 6.60. The summed E-state index contributed by atoms with van der Waals surface area (Å²) in [5, 5.41) is 3.54. The minimum atomic E-state index is 0. The molecule has 0 radical (unpaired) electrons. The van der Waals surface area contributed by atoms with Gasteiger partial charge in [0, 0.05) is 6.54 Å². The molecule has 0 aliphatic rings. The normalized spacial score (nSPS) is 10.8. The van der Waals surface area contributed by atoms with Crippen LogP contribution in [0.2, 0.25) is 0 Å². The first-order valence-electron chi connectivity index (χ1n) is 10.9. The predicted octanol–water partition coefficient (Wildman–Crippen LogP) is 1.52. The van der Waals surface area contributed by atoms with Crippen molar-refractivity contribution in [2.45, 2.75) is 38.9 Å². The van der Waals surface area contributed by atoms with E-state index in [0.717, 1.165) is 38.5 Å². The number of benzene rings is 3. The third kappa shape index (κ3) is 5.87. The van der Waals surface area contributed by atoms with E-state index in [-0.39, 0.29) is 12.4 Å². The summed E-state index contributed by atoms with van der Waals surface area (Å²) in [4.78, 5) is 0. The zero-order chi connectivity index (χ0) is 20.6. The highest BCUT2D eigenvalue weighted by atomic mass is 35.5. The second-order valence-electron chi connectivity index (χ2n) is 7.79. The first kappa shape index (κ1) is 22.9. The molecule has 3 aromatic carbocycles. The lowest BCUT2D eigenvalue weighted by Gasteiger charge is -2.05. The van der Waals surface area contributed by atoms with Gasteiger partial charge in [-0.15, -0.1) is 0 Å². The number of unbranched alkanes of at least 4 members (excludes halogenated alkanes) is 2. The number of rotatable bonds is 10. The molecule has 0 amide bonds. The number of nitrogens with one attached hydrogen (secondary N) is 1. The maximum atomic E-state index is 6.60. The van der Waals surface area contributed by atoms with Gasteiger partial charge in [-0.05, 0) is 49.1 Å². The molecule has 3 N–H and O–H groups in total. The number of hydrogen-bond acceptors (Lipinski definition) is 2. The number of hydrogen-bond donors (Lipinski definition) is 2. The first-order chi connectivity index (χ1) is 14.8. The summed E-state index contributed by atoms with van der Waals surface area (Å²) < 4.78 is 4.50. The van der Waals surface area contributed by atoms with Crippen LogP contribution in [0.4, 0.5) is 5.95 Å². The highest BCUT2D eigenvalue weighted by Crippen LogP contribution is 2.18. The van der Waals surface area contributed by atoms with Crippen molar-refractivity contribution in [1.29, 1.82) is 0 Å². The molecule has 4 rings (SSSR count). The van der Waals surface area contributed by atoms with Crippen LogP contribution in [0.25, 0.3) is 11.0 Å². The fraction of sp³-hybridized carbons (Fsp3) is 0.269. The molecule has 0 saturated carbocycles. The van der Waals surface area contributed by atoms with E-state index in [1.54, 1.807) is 0 Å². The minimum absolute atomic E-state index is 0. The summed E-state index contributed by atoms with van der Waals surface area (Å²) in [5.74, 6) is 0.835. The second-order valence-corrected chi connectivity index (χ2v) is 7.79. The van der Waals surface area contributed by atoms with Crippen LogP contribution < -0.4 is 28.0 Å². The van der Waals surface area contributed by atoms with Crippen LogP contribution in [0.15, 0.2) is 84.9 Å². The van der Waals surface area contributed by atoms with E-state index in [1.807, 2.05) is 0 Å². The van der Waals surface area contributed by atoms with Gasteiger partial charge in [-0.3, -0.25) is 5.73 Å². The average molecular weight is 435 g/mol. The number of fused-ring (bicyclic) bond motifs is 1. The molecule has 0 fully saturated rings. The number of aromatic nitrogens is 2. The molecular weight excluding hydrogens is 404 g/mol. The van der Waals surface area contributed by atoms with Crippen molar-refractivity contribution in [3.63, 3.8) is 0 Å². The van der Waals surface area contributed by atoms with Gasteiger partial charge < -0.3 is 17.7 Å². The molecule has 4 nitrogen and oxygen atoms in total. The first-order valence-corrected chi connectivity index (χ1v) is 10.9. The summed E-state index contributed by atoms with van der Waals surface area (Å²) >= 11 is 0. The van der Waals surface area contributed by atoms with Gasteiger partial charge in [0.15, 0.2) is 0 Å². The van der Waals surface area contributed by atoms with E-state index in [2.05, 4.69) is 99.4 Å². The van der Waals surface area contributed by atoms with Crippen LogP contribution in [-0.2, 0) is 19.6 Å². The molecule has 5 heteroatoms. The molecular formula is C26H31ClN4. The molecule has 162 valence electrons. The van der Waals surface area contributed by atoms with Gasteiger partial charge in [0.2, 0.25) is 0 Å². The molecule has 0 atom stereocenters. The number of nitrogen functional groups attached to an aromatic ring is 1. The van der Waals surface area contributed by atoms with E-state index in [9.17, 15) is 0 Å². The summed E-state index contributed by atoms with van der Waals surface area (Å²) in [6, 6.07) is 29.6. The van der Waals surface area contributed by atoms with Crippen LogP contribution in [0.5, 0.6) is 0 Å². The van der Waals surface area contributed by atoms with Crippen LogP contribution in [0, 0.1) is 0 Å². The highest BCUT2D eigenvalue weighted by Gasteiger charge is 2.20. The number of aryl methyl sites for hydroxylation is 1. The molecule has 0 aliphatic carbocycles. The topological polar surface area (TPSA) is 46.9 Å². The number of imidazole rings is 1. The van der Waals surface area contributed by atoms with E-state index in [1.165, 1.54) is 35.0 Å². The third-order valence-electron chi connectivity index (χ3n) is 5.61. The molecule has 4 aromatic rings. The standard InChI is InChI=1S/C26H30N4.ClH/c27-26-29(19-11-3-10-18-28-20-22-12-4-1-5-13-22)24-16-8-9-17-25(24)30(26)21-23-14-6-2-7-15-23;/h1-2,4-9,12-17,27-28H,3,10-11,18-21H2;1H. The molecule has 1 aromatic heterocycles. The van der Waals surface area contributed by atoms with Gasteiger partial charge in [-0.1, -0.05) is 72.8 Å². The Balaban J connectivity index is 0.00000272. The van der Waals surface area contributed by atoms with Crippen molar-refractivity contribution in [2.75, 3.05) is 12.3 Å². The van der Waals surface area contributed by atoms with E-state index in [4.69, 9.17) is 5.73 Å². The van der Waals surface area contributed by atoms with Gasteiger partial charge >= 0.3 is 5.95 Å². The van der Waals surface area contributed by atoms with Crippen LogP contribution in [0.3, 0.4) is 0 Å². The Bertz CT molecular complexity index is 1060. The fourth-order valence-electron chi connectivity index (χ4n) is 4.01. The van der Waals surface area contributed by atoms with Gasteiger partial charge in [-0.2, -0.15) is 0 Å². The summed E-state index contributed by atoms with van der Waals surface area (Å²) in [5.41, 5.74) is 11.6. The lowest BCUT2D eigenvalue weighted by atomic mass is 10.2. The van der Waals surface area contributed by atoms with Crippen molar-refractivity contribution >= 4 is 17.0 Å². The van der Waals surface area contributed by atoms with E-state index < -0.39 is 0 Å². The maximum Gasteiger partial charge on any atom is 0.356 e. The SMILES string of the molecule is Nc1n(CCCCCNCc2ccccc2)c2ccccc2[n+]1Cc1ccccc1.[Cl-]. The lowest BCUT2D eigenvalue weighted by molar-refractivity contribution is -0.648. The van der Waals surface area contributed by atoms with Crippen LogP contribution in [0.1, 0.15) is 30.4 Å². The monoisotopic (exact) mass is 434 g/mol. The summed E-state index contributed by atoms with van der Waals surface area (Å²) in [7, 11) is 0. The Labute approximate surface area is 191 Å². The molecule has 0 saturated heterocycles. The zero-order valence-electron chi connectivity index (χ0n) is 17.9. The Morgan fingerprint density at radius 3 is 2.13 bits per heavy atom. The Morgan fingerprint density at radius 1 is 0.742 bits per heavy atom. The Kier molecular flexibility index (Phi) is 8.51. The lowest BCUT2D eigenvalue weighted by Crippen LogP contribution is -3.00. The minimum Gasteiger partial charge on any atom is -1.00 e. The molecule has 0 spiro atoms. The zero-order valence-corrected chi connectivity index (χ0v) is 18.6. The number of para-hydroxylation sites is 2. The quantitative estimate of drug-likeness (QED) is 0.294. The van der Waals surface area contributed by atoms with Crippen molar-refractivity contribution in [1.82, 2.24) is 9.88 Å².